The standard InChI is InChI=1S/C16H17NO4/c18-16(19)15-12-5-1-2-6-13(12)17-10-14(15)21-9-7-11-4-3-8-20-11/h1-2,5-6,10-11H,3-4,7-9H2,(H,18,19). The Morgan fingerprint density at radius 1 is 1.43 bits per heavy atom. The van der Waals surface area contributed by atoms with Crippen molar-refractivity contribution in [2.24, 2.45) is 0 Å². The van der Waals surface area contributed by atoms with Crippen molar-refractivity contribution >= 4 is 16.9 Å². The first kappa shape index (κ1) is 13.8. The van der Waals surface area contributed by atoms with Gasteiger partial charge in [-0.05, 0) is 18.9 Å². The van der Waals surface area contributed by atoms with Crippen LogP contribution in [0.4, 0.5) is 0 Å². The first-order valence-electron chi connectivity index (χ1n) is 7.11. The van der Waals surface area contributed by atoms with Gasteiger partial charge in [0, 0.05) is 18.4 Å². The molecule has 1 N–H and O–H groups in total. The largest absolute Gasteiger partial charge is 0.491 e. The molecule has 2 heterocycles. The smallest absolute Gasteiger partial charge is 0.340 e. The van der Waals surface area contributed by atoms with Gasteiger partial charge in [0.05, 0.1) is 24.4 Å². The third kappa shape index (κ3) is 2.97. The van der Waals surface area contributed by atoms with Gasteiger partial charge in [0.2, 0.25) is 0 Å². The van der Waals surface area contributed by atoms with Crippen LogP contribution in [-0.4, -0.2) is 35.4 Å². The molecule has 5 nitrogen and oxygen atoms in total. The molecule has 1 fully saturated rings. The zero-order valence-electron chi connectivity index (χ0n) is 11.6. The van der Waals surface area contributed by atoms with Crippen LogP contribution in [0.2, 0.25) is 0 Å². The Morgan fingerprint density at radius 3 is 3.05 bits per heavy atom. The molecule has 0 aliphatic carbocycles. The Labute approximate surface area is 122 Å². The van der Waals surface area contributed by atoms with Gasteiger partial charge in [-0.15, -0.1) is 0 Å². The molecule has 3 rings (SSSR count). The van der Waals surface area contributed by atoms with Crippen LogP contribution < -0.4 is 4.74 Å². The Morgan fingerprint density at radius 2 is 2.29 bits per heavy atom. The maximum Gasteiger partial charge on any atom is 0.340 e. The summed E-state index contributed by atoms with van der Waals surface area (Å²) in [6.45, 7) is 1.24. The summed E-state index contributed by atoms with van der Waals surface area (Å²) in [5.41, 5.74) is 0.828. The molecule has 5 heteroatoms. The van der Waals surface area contributed by atoms with Crippen molar-refractivity contribution in [1.82, 2.24) is 4.98 Å². The SMILES string of the molecule is O=C(O)c1c(OCCC2CCCO2)cnc2ccccc12. The first-order valence-corrected chi connectivity index (χ1v) is 7.11. The summed E-state index contributed by atoms with van der Waals surface area (Å²) in [4.78, 5) is 15.8. The number of fused-ring (bicyclic) bond motifs is 1. The van der Waals surface area contributed by atoms with E-state index in [0.29, 0.717) is 23.3 Å². The van der Waals surface area contributed by atoms with E-state index in [2.05, 4.69) is 4.98 Å². The van der Waals surface area contributed by atoms with Crippen molar-refractivity contribution in [3.05, 3.63) is 36.0 Å². The van der Waals surface area contributed by atoms with E-state index in [4.69, 9.17) is 9.47 Å². The van der Waals surface area contributed by atoms with Crippen LogP contribution >= 0.6 is 0 Å². The van der Waals surface area contributed by atoms with E-state index in [1.54, 1.807) is 18.2 Å². The predicted molar refractivity (Wildman–Crippen MR) is 77.8 cm³/mol. The number of benzene rings is 1. The Kier molecular flexibility index (Phi) is 4.01. The van der Waals surface area contributed by atoms with Gasteiger partial charge < -0.3 is 14.6 Å². The summed E-state index contributed by atoms with van der Waals surface area (Å²) in [6.07, 6.45) is 4.62. The topological polar surface area (TPSA) is 68.7 Å². The van der Waals surface area contributed by atoms with Crippen LogP contribution in [-0.2, 0) is 4.74 Å². The fourth-order valence-electron chi connectivity index (χ4n) is 2.63. The molecule has 1 aliphatic rings. The third-order valence-corrected chi connectivity index (χ3v) is 3.68. The molecule has 1 aliphatic heterocycles. The number of hydrogen-bond acceptors (Lipinski definition) is 4. The number of carbonyl (C=O) groups is 1. The fourth-order valence-corrected chi connectivity index (χ4v) is 2.63. The monoisotopic (exact) mass is 287 g/mol. The molecule has 1 saturated heterocycles. The molecule has 0 radical (unpaired) electrons. The summed E-state index contributed by atoms with van der Waals surface area (Å²) in [5.74, 6) is -0.681. The van der Waals surface area contributed by atoms with Gasteiger partial charge in [-0.1, -0.05) is 18.2 Å². The maximum absolute atomic E-state index is 11.5. The highest BCUT2D eigenvalue weighted by Gasteiger charge is 2.18. The minimum absolute atomic E-state index is 0.174. The number of para-hydroxylation sites is 1. The van der Waals surface area contributed by atoms with E-state index < -0.39 is 5.97 Å². The molecule has 1 unspecified atom stereocenters. The lowest BCUT2D eigenvalue weighted by atomic mass is 10.1. The average molecular weight is 287 g/mol. The van der Waals surface area contributed by atoms with Gasteiger partial charge in [0.25, 0.3) is 0 Å². The van der Waals surface area contributed by atoms with E-state index in [9.17, 15) is 9.90 Å². The van der Waals surface area contributed by atoms with Crippen LogP contribution in [0.1, 0.15) is 29.6 Å². The molecule has 1 atom stereocenters. The minimum atomic E-state index is -0.999. The molecule has 21 heavy (non-hydrogen) atoms. The van der Waals surface area contributed by atoms with Gasteiger partial charge in [0.1, 0.15) is 5.56 Å². The van der Waals surface area contributed by atoms with E-state index in [0.717, 1.165) is 25.9 Å². The molecular formula is C16H17NO4. The lowest BCUT2D eigenvalue weighted by Crippen LogP contribution is -2.12. The number of carboxylic acid groups (broad SMARTS) is 1. The lowest BCUT2D eigenvalue weighted by Gasteiger charge is -2.13. The van der Waals surface area contributed by atoms with Crippen molar-refractivity contribution < 1.29 is 19.4 Å². The second-order valence-corrected chi connectivity index (χ2v) is 5.09. The average Bonchev–Trinajstić information content (AvgIpc) is 3.00. The van der Waals surface area contributed by atoms with E-state index in [1.165, 1.54) is 6.20 Å². The van der Waals surface area contributed by atoms with Crippen LogP contribution in [0, 0.1) is 0 Å². The zero-order chi connectivity index (χ0) is 14.7. The molecule has 2 aromatic rings. The van der Waals surface area contributed by atoms with Crippen molar-refractivity contribution in [3.8, 4) is 5.75 Å². The van der Waals surface area contributed by atoms with Crippen molar-refractivity contribution in [2.45, 2.75) is 25.4 Å². The minimum Gasteiger partial charge on any atom is -0.491 e. The normalized spacial score (nSPS) is 18.0. The highest BCUT2D eigenvalue weighted by molar-refractivity contribution is 6.04. The van der Waals surface area contributed by atoms with Gasteiger partial charge in [-0.2, -0.15) is 0 Å². The van der Waals surface area contributed by atoms with Crippen LogP contribution in [0.5, 0.6) is 5.75 Å². The van der Waals surface area contributed by atoms with Gasteiger partial charge in [0.15, 0.2) is 5.75 Å². The molecule has 0 saturated carbocycles. The molecule has 0 spiro atoms. The number of aromatic nitrogens is 1. The van der Waals surface area contributed by atoms with Crippen LogP contribution in [0.15, 0.2) is 30.5 Å². The molecule has 1 aromatic heterocycles. The first-order chi connectivity index (χ1) is 10.3. The second-order valence-electron chi connectivity index (χ2n) is 5.09. The molecule has 110 valence electrons. The van der Waals surface area contributed by atoms with E-state index in [1.807, 2.05) is 6.07 Å². The van der Waals surface area contributed by atoms with Crippen molar-refractivity contribution in [1.29, 1.82) is 0 Å². The summed E-state index contributed by atoms with van der Waals surface area (Å²) >= 11 is 0. The number of ether oxygens (including phenoxy) is 2. The van der Waals surface area contributed by atoms with Gasteiger partial charge in [-0.25, -0.2) is 4.79 Å². The van der Waals surface area contributed by atoms with Crippen molar-refractivity contribution in [2.75, 3.05) is 13.2 Å². The number of carboxylic acids is 1. The number of aromatic carboxylic acids is 1. The number of hydrogen-bond donors (Lipinski definition) is 1. The predicted octanol–water partition coefficient (Wildman–Crippen LogP) is 2.88. The van der Waals surface area contributed by atoms with Crippen molar-refractivity contribution in [3.63, 3.8) is 0 Å². The maximum atomic E-state index is 11.5. The number of rotatable bonds is 5. The van der Waals surface area contributed by atoms with E-state index >= 15 is 0 Å². The van der Waals surface area contributed by atoms with E-state index in [-0.39, 0.29) is 11.7 Å². The summed E-state index contributed by atoms with van der Waals surface area (Å²) in [7, 11) is 0. The lowest BCUT2D eigenvalue weighted by molar-refractivity contribution is 0.0691. The molecule has 0 bridgehead atoms. The third-order valence-electron chi connectivity index (χ3n) is 3.68. The summed E-state index contributed by atoms with van der Waals surface area (Å²) in [6, 6.07) is 7.17. The van der Waals surface area contributed by atoms with Gasteiger partial charge >= 0.3 is 5.97 Å². The van der Waals surface area contributed by atoms with Crippen LogP contribution in [0.25, 0.3) is 10.9 Å². The highest BCUT2D eigenvalue weighted by Crippen LogP contribution is 2.26. The quantitative estimate of drug-likeness (QED) is 0.915. The Balaban J connectivity index is 1.80. The molecule has 1 aromatic carbocycles. The molecular weight excluding hydrogens is 270 g/mol. The fraction of sp³-hybridized carbons (Fsp3) is 0.375. The van der Waals surface area contributed by atoms with Gasteiger partial charge in [-0.3, -0.25) is 4.98 Å². The Hall–Kier alpha value is -2.14. The number of pyridine rings is 1. The molecule has 0 amide bonds. The Bertz CT molecular complexity index is 650. The summed E-state index contributed by atoms with van der Waals surface area (Å²) in [5, 5.41) is 10.0. The van der Waals surface area contributed by atoms with Crippen LogP contribution in [0.3, 0.4) is 0 Å². The second kappa shape index (κ2) is 6.10. The summed E-state index contributed by atoms with van der Waals surface area (Å²) < 4.78 is 11.2. The number of nitrogens with zero attached hydrogens (tertiary/aromatic N) is 1. The highest BCUT2D eigenvalue weighted by atomic mass is 16.5. The zero-order valence-corrected chi connectivity index (χ0v) is 11.6.